The highest BCUT2D eigenvalue weighted by Gasteiger charge is 2.31. The number of nitrogens with zero attached hydrogens (tertiary/aromatic N) is 1. The van der Waals surface area contributed by atoms with E-state index in [1.54, 1.807) is 12.1 Å². The van der Waals surface area contributed by atoms with E-state index < -0.39 is 11.7 Å². The lowest BCUT2D eigenvalue weighted by Gasteiger charge is -2.29. The van der Waals surface area contributed by atoms with Crippen molar-refractivity contribution in [3.63, 3.8) is 0 Å². The number of halogens is 3. The zero-order chi connectivity index (χ0) is 15.9. The van der Waals surface area contributed by atoms with Crippen molar-refractivity contribution in [1.82, 2.24) is 0 Å². The van der Waals surface area contributed by atoms with Gasteiger partial charge in [0.25, 0.3) is 5.91 Å². The van der Waals surface area contributed by atoms with Crippen LogP contribution in [0.4, 0.5) is 24.5 Å². The standard InChI is InChI=1S/C16H13F3N2O/c17-16(18,19)11-2-5-13(6-3-11)21-8-7-10-1-4-12(20)9-14(10)15(21)22/h1-6,9H,7-8,20H2. The number of alkyl halides is 3. The molecule has 1 amide bonds. The molecule has 1 aliphatic rings. The Morgan fingerprint density at radius 1 is 1.05 bits per heavy atom. The maximum Gasteiger partial charge on any atom is 0.416 e. The molecule has 0 unspecified atom stereocenters. The van der Waals surface area contributed by atoms with Crippen molar-refractivity contribution >= 4 is 17.3 Å². The maximum absolute atomic E-state index is 12.6. The summed E-state index contributed by atoms with van der Waals surface area (Å²) in [6, 6.07) is 9.76. The van der Waals surface area contributed by atoms with E-state index in [0.29, 0.717) is 29.9 Å². The number of fused-ring (bicyclic) bond motifs is 1. The largest absolute Gasteiger partial charge is 0.416 e. The number of hydrogen-bond acceptors (Lipinski definition) is 2. The van der Waals surface area contributed by atoms with Gasteiger partial charge in [0.1, 0.15) is 0 Å². The lowest BCUT2D eigenvalue weighted by Crippen LogP contribution is -2.37. The molecule has 2 N–H and O–H groups in total. The third kappa shape index (κ3) is 2.52. The lowest BCUT2D eigenvalue weighted by molar-refractivity contribution is -0.137. The molecule has 0 bridgehead atoms. The van der Waals surface area contributed by atoms with Crippen molar-refractivity contribution < 1.29 is 18.0 Å². The molecule has 0 atom stereocenters. The molecule has 0 fully saturated rings. The molecule has 114 valence electrons. The second-order valence-corrected chi connectivity index (χ2v) is 5.17. The minimum absolute atomic E-state index is 0.242. The summed E-state index contributed by atoms with van der Waals surface area (Å²) in [5.41, 5.74) is 7.32. The Balaban J connectivity index is 1.92. The third-order valence-electron chi connectivity index (χ3n) is 3.72. The predicted octanol–water partition coefficient (Wildman–Crippen LogP) is 3.49. The molecule has 3 nitrogen and oxygen atoms in total. The second-order valence-electron chi connectivity index (χ2n) is 5.17. The summed E-state index contributed by atoms with van der Waals surface area (Å²) in [5.74, 6) is -0.242. The van der Waals surface area contributed by atoms with Crippen molar-refractivity contribution in [3.05, 3.63) is 59.2 Å². The summed E-state index contributed by atoms with van der Waals surface area (Å²) in [5, 5.41) is 0. The molecule has 0 aliphatic carbocycles. The fourth-order valence-electron chi connectivity index (χ4n) is 2.57. The quantitative estimate of drug-likeness (QED) is 0.820. The average Bonchev–Trinajstić information content (AvgIpc) is 2.47. The van der Waals surface area contributed by atoms with Gasteiger partial charge in [-0.2, -0.15) is 13.2 Å². The fourth-order valence-corrected chi connectivity index (χ4v) is 2.57. The summed E-state index contributed by atoms with van der Waals surface area (Å²) in [4.78, 5) is 14.0. The Bertz CT molecular complexity index is 723. The number of benzene rings is 2. The summed E-state index contributed by atoms with van der Waals surface area (Å²) >= 11 is 0. The van der Waals surface area contributed by atoms with Crippen molar-refractivity contribution in [3.8, 4) is 0 Å². The minimum atomic E-state index is -4.38. The van der Waals surface area contributed by atoms with Crippen LogP contribution in [0.2, 0.25) is 0 Å². The van der Waals surface area contributed by atoms with Gasteiger partial charge in [0, 0.05) is 23.5 Å². The molecule has 2 aromatic rings. The van der Waals surface area contributed by atoms with E-state index in [-0.39, 0.29) is 5.91 Å². The highest BCUT2D eigenvalue weighted by Crippen LogP contribution is 2.32. The average molecular weight is 306 g/mol. The van der Waals surface area contributed by atoms with Crippen LogP contribution in [0, 0.1) is 0 Å². The lowest BCUT2D eigenvalue weighted by atomic mass is 9.98. The molecule has 0 saturated heterocycles. The van der Waals surface area contributed by atoms with Crippen molar-refractivity contribution in [2.45, 2.75) is 12.6 Å². The van der Waals surface area contributed by atoms with E-state index in [1.807, 2.05) is 6.07 Å². The summed E-state index contributed by atoms with van der Waals surface area (Å²) in [7, 11) is 0. The van der Waals surface area contributed by atoms with E-state index in [2.05, 4.69) is 0 Å². The Kier molecular flexibility index (Phi) is 3.31. The van der Waals surface area contributed by atoms with Crippen LogP contribution in [0.25, 0.3) is 0 Å². The SMILES string of the molecule is Nc1ccc2c(c1)C(=O)N(c1ccc(C(F)(F)F)cc1)CC2. The highest BCUT2D eigenvalue weighted by molar-refractivity contribution is 6.08. The summed E-state index contributed by atoms with van der Waals surface area (Å²) in [6.45, 7) is 0.432. The van der Waals surface area contributed by atoms with Gasteiger partial charge in [-0.15, -0.1) is 0 Å². The number of carbonyl (C=O) groups is 1. The summed E-state index contributed by atoms with van der Waals surface area (Å²) in [6.07, 6.45) is -3.74. The van der Waals surface area contributed by atoms with E-state index in [4.69, 9.17) is 5.73 Å². The molecular formula is C16H13F3N2O. The van der Waals surface area contributed by atoms with Gasteiger partial charge >= 0.3 is 6.18 Å². The Morgan fingerprint density at radius 3 is 2.36 bits per heavy atom. The number of nitrogens with two attached hydrogens (primary N) is 1. The van der Waals surface area contributed by atoms with Gasteiger partial charge in [-0.25, -0.2) is 0 Å². The van der Waals surface area contributed by atoms with Crippen LogP contribution >= 0.6 is 0 Å². The van der Waals surface area contributed by atoms with Gasteiger partial charge in [0.05, 0.1) is 5.56 Å². The first-order valence-electron chi connectivity index (χ1n) is 6.74. The number of rotatable bonds is 1. The Hall–Kier alpha value is -2.50. The molecule has 0 aromatic heterocycles. The van der Waals surface area contributed by atoms with E-state index >= 15 is 0 Å². The molecule has 2 aromatic carbocycles. The van der Waals surface area contributed by atoms with Crippen LogP contribution in [0.3, 0.4) is 0 Å². The van der Waals surface area contributed by atoms with Crippen molar-refractivity contribution in [2.24, 2.45) is 0 Å². The monoisotopic (exact) mass is 306 g/mol. The van der Waals surface area contributed by atoms with Crippen LogP contribution < -0.4 is 10.6 Å². The molecule has 1 heterocycles. The molecule has 3 rings (SSSR count). The van der Waals surface area contributed by atoms with Gasteiger partial charge in [0.2, 0.25) is 0 Å². The maximum atomic E-state index is 12.6. The molecular weight excluding hydrogens is 293 g/mol. The fraction of sp³-hybridized carbons (Fsp3) is 0.188. The number of nitrogen functional groups attached to an aromatic ring is 1. The number of carbonyl (C=O) groups excluding carboxylic acids is 1. The van der Waals surface area contributed by atoms with Gasteiger partial charge in [-0.05, 0) is 48.4 Å². The van der Waals surface area contributed by atoms with Gasteiger partial charge in [-0.1, -0.05) is 6.07 Å². The first-order chi connectivity index (χ1) is 10.4. The van der Waals surface area contributed by atoms with E-state index in [1.165, 1.54) is 17.0 Å². The van der Waals surface area contributed by atoms with E-state index in [9.17, 15) is 18.0 Å². The number of anilines is 2. The molecule has 0 saturated carbocycles. The Labute approximate surface area is 125 Å². The topological polar surface area (TPSA) is 46.3 Å². The van der Waals surface area contributed by atoms with Gasteiger partial charge in [0.15, 0.2) is 0 Å². The van der Waals surface area contributed by atoms with Gasteiger partial charge in [-0.3, -0.25) is 4.79 Å². The summed E-state index contributed by atoms with van der Waals surface area (Å²) < 4.78 is 37.8. The normalized spacial score (nSPS) is 14.9. The van der Waals surface area contributed by atoms with E-state index in [0.717, 1.165) is 17.7 Å². The predicted molar refractivity (Wildman–Crippen MR) is 77.7 cm³/mol. The smallest absolute Gasteiger partial charge is 0.399 e. The number of amides is 1. The first kappa shape index (κ1) is 14.4. The van der Waals surface area contributed by atoms with Crippen LogP contribution in [-0.4, -0.2) is 12.5 Å². The zero-order valence-electron chi connectivity index (χ0n) is 11.5. The third-order valence-corrected chi connectivity index (χ3v) is 3.72. The Morgan fingerprint density at radius 2 is 1.73 bits per heavy atom. The van der Waals surface area contributed by atoms with Crippen molar-refractivity contribution in [2.75, 3.05) is 17.2 Å². The molecule has 22 heavy (non-hydrogen) atoms. The molecule has 1 aliphatic heterocycles. The molecule has 6 heteroatoms. The molecule has 0 spiro atoms. The molecule has 0 radical (unpaired) electrons. The van der Waals surface area contributed by atoms with Crippen LogP contribution in [-0.2, 0) is 12.6 Å². The van der Waals surface area contributed by atoms with Gasteiger partial charge < -0.3 is 10.6 Å². The minimum Gasteiger partial charge on any atom is -0.399 e. The first-order valence-corrected chi connectivity index (χ1v) is 6.74. The number of hydrogen-bond donors (Lipinski definition) is 1. The van der Waals surface area contributed by atoms with Crippen LogP contribution in [0.5, 0.6) is 0 Å². The highest BCUT2D eigenvalue weighted by atomic mass is 19.4. The van der Waals surface area contributed by atoms with Crippen molar-refractivity contribution in [1.29, 1.82) is 0 Å². The second kappa shape index (κ2) is 5.05. The zero-order valence-corrected chi connectivity index (χ0v) is 11.5. The van der Waals surface area contributed by atoms with Crippen LogP contribution in [0.15, 0.2) is 42.5 Å². The van der Waals surface area contributed by atoms with Crippen LogP contribution in [0.1, 0.15) is 21.5 Å².